The summed E-state index contributed by atoms with van der Waals surface area (Å²) in [6.45, 7) is 1.36. The minimum Gasteiger partial charge on any atom is -0.381 e. The van der Waals surface area contributed by atoms with Crippen LogP contribution in [0.25, 0.3) is 5.65 Å². The fourth-order valence-electron chi connectivity index (χ4n) is 1.40. The van der Waals surface area contributed by atoms with Crippen LogP contribution in [0.2, 0.25) is 0 Å². The molecule has 0 fully saturated rings. The second kappa shape index (κ2) is 3.86. The van der Waals surface area contributed by atoms with Crippen molar-refractivity contribution >= 4 is 5.65 Å². The van der Waals surface area contributed by atoms with Gasteiger partial charge in [0.25, 0.3) is 0 Å². The Hall–Kier alpha value is -2.02. The molecule has 0 spiro atoms. The molecule has 0 aromatic carbocycles. The van der Waals surface area contributed by atoms with Gasteiger partial charge in [-0.05, 0) is 6.07 Å². The molecule has 2 aromatic rings. The maximum Gasteiger partial charge on any atom is 0.240 e. The Morgan fingerprint density at radius 2 is 2.31 bits per heavy atom. The van der Waals surface area contributed by atoms with E-state index in [1.807, 2.05) is 0 Å². The van der Waals surface area contributed by atoms with E-state index in [2.05, 4.69) is 10.1 Å². The number of rotatable bonds is 3. The number of hydrogen-bond acceptors (Lipinski definition) is 5. The first-order chi connectivity index (χ1) is 7.59. The fraction of sp³-hybridized carbons (Fsp3) is 0.333. The van der Waals surface area contributed by atoms with Crippen LogP contribution < -0.4 is 0 Å². The Labute approximate surface area is 90.5 Å². The molecule has 1 N–H and O–H groups in total. The van der Waals surface area contributed by atoms with Gasteiger partial charge >= 0.3 is 0 Å². The molecule has 2 atom stereocenters. The molecule has 16 heavy (non-hydrogen) atoms. The van der Waals surface area contributed by atoms with Gasteiger partial charge in [-0.25, -0.2) is 9.50 Å². The summed E-state index contributed by atoms with van der Waals surface area (Å²) < 4.78 is 1.46. The first-order valence-electron chi connectivity index (χ1n) is 4.70. The average molecular weight is 222 g/mol. The highest BCUT2D eigenvalue weighted by molar-refractivity contribution is 5.37. The highest BCUT2D eigenvalue weighted by Gasteiger charge is 2.26. The van der Waals surface area contributed by atoms with E-state index < -0.39 is 17.1 Å². The molecular weight excluding hydrogens is 212 g/mol. The van der Waals surface area contributed by atoms with Crippen molar-refractivity contribution in [3.8, 4) is 0 Å². The van der Waals surface area contributed by atoms with Gasteiger partial charge in [0.1, 0.15) is 12.4 Å². The summed E-state index contributed by atoms with van der Waals surface area (Å²) in [5, 5.41) is 24.2. The summed E-state index contributed by atoms with van der Waals surface area (Å²) in [6.07, 6.45) is 1.76. The second-order valence-corrected chi connectivity index (χ2v) is 3.50. The third-order valence-corrected chi connectivity index (χ3v) is 2.43. The van der Waals surface area contributed by atoms with E-state index in [0.29, 0.717) is 11.2 Å². The zero-order valence-electron chi connectivity index (χ0n) is 8.52. The van der Waals surface area contributed by atoms with Crippen molar-refractivity contribution in [2.45, 2.75) is 19.1 Å². The number of aromatic nitrogens is 3. The molecule has 0 saturated heterocycles. The quantitative estimate of drug-likeness (QED) is 0.600. The van der Waals surface area contributed by atoms with Crippen molar-refractivity contribution in [3.05, 3.63) is 40.3 Å². The van der Waals surface area contributed by atoms with E-state index in [9.17, 15) is 15.2 Å². The van der Waals surface area contributed by atoms with Gasteiger partial charge in [0.15, 0.2) is 5.65 Å². The normalized spacial score (nSPS) is 14.9. The van der Waals surface area contributed by atoms with E-state index in [0.717, 1.165) is 0 Å². The molecule has 0 radical (unpaired) electrons. The monoisotopic (exact) mass is 222 g/mol. The highest BCUT2D eigenvalue weighted by atomic mass is 16.6. The largest absolute Gasteiger partial charge is 0.381 e. The molecule has 0 saturated carbocycles. The van der Waals surface area contributed by atoms with Gasteiger partial charge in [0, 0.05) is 23.6 Å². The van der Waals surface area contributed by atoms with Gasteiger partial charge in [-0.1, -0.05) is 6.07 Å². The maximum absolute atomic E-state index is 10.5. The highest BCUT2D eigenvalue weighted by Crippen LogP contribution is 2.18. The van der Waals surface area contributed by atoms with Crippen LogP contribution in [-0.2, 0) is 0 Å². The third-order valence-electron chi connectivity index (χ3n) is 2.43. The molecule has 2 rings (SSSR count). The molecule has 2 aromatic heterocycles. The molecule has 0 bridgehead atoms. The Bertz CT molecular complexity index is 524. The van der Waals surface area contributed by atoms with Crippen molar-refractivity contribution in [2.75, 3.05) is 0 Å². The lowest BCUT2D eigenvalue weighted by Gasteiger charge is -2.12. The van der Waals surface area contributed by atoms with Gasteiger partial charge in [-0.3, -0.25) is 10.1 Å². The topological polar surface area (TPSA) is 93.6 Å². The van der Waals surface area contributed by atoms with Crippen molar-refractivity contribution in [2.24, 2.45) is 0 Å². The number of hydrogen-bond donors (Lipinski definition) is 1. The molecule has 0 unspecified atom stereocenters. The minimum atomic E-state index is -1.15. The third kappa shape index (κ3) is 1.72. The average Bonchev–Trinajstić information content (AvgIpc) is 2.73. The Kier molecular flexibility index (Phi) is 2.53. The number of nitro groups is 1. The smallest absolute Gasteiger partial charge is 0.240 e. The zero-order valence-corrected chi connectivity index (χ0v) is 8.52. The van der Waals surface area contributed by atoms with Crippen molar-refractivity contribution < 1.29 is 10.0 Å². The summed E-state index contributed by atoms with van der Waals surface area (Å²) in [4.78, 5) is 14.0. The Morgan fingerprint density at radius 1 is 1.56 bits per heavy atom. The lowest BCUT2D eigenvalue weighted by molar-refractivity contribution is -0.531. The van der Waals surface area contributed by atoms with Crippen LogP contribution in [0.1, 0.15) is 18.6 Å². The van der Waals surface area contributed by atoms with Crippen LogP contribution in [0, 0.1) is 10.1 Å². The summed E-state index contributed by atoms with van der Waals surface area (Å²) >= 11 is 0. The number of aliphatic hydroxyl groups is 1. The predicted octanol–water partition coefficient (Wildman–Crippen LogP) is 0.428. The van der Waals surface area contributed by atoms with Crippen LogP contribution in [-0.4, -0.2) is 30.7 Å². The summed E-state index contributed by atoms with van der Waals surface area (Å²) in [5.74, 6) is 0. The van der Waals surface area contributed by atoms with Gasteiger partial charge < -0.3 is 5.11 Å². The van der Waals surface area contributed by atoms with Gasteiger partial charge in [0.2, 0.25) is 6.04 Å². The lowest BCUT2D eigenvalue weighted by Crippen LogP contribution is -2.24. The molecule has 0 amide bonds. The minimum absolute atomic E-state index is 0.446. The molecule has 2 heterocycles. The molecule has 7 heteroatoms. The first-order valence-corrected chi connectivity index (χ1v) is 4.70. The molecule has 7 nitrogen and oxygen atoms in total. The fourth-order valence-corrected chi connectivity index (χ4v) is 1.40. The molecule has 0 aliphatic carbocycles. The Balaban J connectivity index is 2.35. The van der Waals surface area contributed by atoms with Crippen LogP contribution in [0.5, 0.6) is 0 Å². The SMILES string of the molecule is C[C@@H]([C@@H](O)c1ccc2ncnn2c1)[N+](=O)[O-]. The van der Waals surface area contributed by atoms with Crippen LogP contribution >= 0.6 is 0 Å². The zero-order chi connectivity index (χ0) is 11.7. The molecule has 0 aliphatic rings. The second-order valence-electron chi connectivity index (χ2n) is 3.50. The molecule has 0 aliphatic heterocycles. The number of fused-ring (bicyclic) bond motifs is 1. The van der Waals surface area contributed by atoms with Crippen molar-refractivity contribution in [3.63, 3.8) is 0 Å². The maximum atomic E-state index is 10.5. The van der Waals surface area contributed by atoms with Crippen LogP contribution in [0.3, 0.4) is 0 Å². The summed E-state index contributed by atoms with van der Waals surface area (Å²) in [6, 6.07) is 2.20. The van der Waals surface area contributed by atoms with E-state index >= 15 is 0 Å². The predicted molar refractivity (Wildman–Crippen MR) is 54.4 cm³/mol. The molecule has 84 valence electrons. The standard InChI is InChI=1S/C9H10N4O3/c1-6(13(15)16)9(14)7-2-3-8-10-5-11-12(8)4-7/h2-6,9,14H,1H3/t6-,9+/m0/s1. The number of pyridine rings is 1. The number of aliphatic hydroxyl groups excluding tert-OH is 1. The van der Waals surface area contributed by atoms with Crippen molar-refractivity contribution in [1.82, 2.24) is 14.6 Å². The van der Waals surface area contributed by atoms with Crippen LogP contribution in [0.15, 0.2) is 24.7 Å². The van der Waals surface area contributed by atoms with E-state index in [-0.39, 0.29) is 0 Å². The first kappa shape index (κ1) is 10.5. The summed E-state index contributed by atoms with van der Waals surface area (Å²) in [7, 11) is 0. The summed E-state index contributed by atoms with van der Waals surface area (Å²) in [5.41, 5.74) is 1.08. The van der Waals surface area contributed by atoms with Crippen LogP contribution in [0.4, 0.5) is 0 Å². The number of nitrogens with zero attached hydrogens (tertiary/aromatic N) is 4. The van der Waals surface area contributed by atoms with E-state index in [1.54, 1.807) is 12.1 Å². The van der Waals surface area contributed by atoms with Gasteiger partial charge in [0.05, 0.1) is 0 Å². The lowest BCUT2D eigenvalue weighted by atomic mass is 10.1. The van der Waals surface area contributed by atoms with Gasteiger partial charge in [-0.15, -0.1) is 0 Å². The van der Waals surface area contributed by atoms with E-state index in [4.69, 9.17) is 0 Å². The van der Waals surface area contributed by atoms with E-state index in [1.165, 1.54) is 24.0 Å². The van der Waals surface area contributed by atoms with Crippen molar-refractivity contribution in [1.29, 1.82) is 0 Å². The Morgan fingerprint density at radius 3 is 3.00 bits per heavy atom. The molecular formula is C9H10N4O3. The van der Waals surface area contributed by atoms with Gasteiger partial charge in [-0.2, -0.15) is 5.10 Å².